The van der Waals surface area contributed by atoms with Crippen LogP contribution in [0.25, 0.3) is 0 Å². The molecule has 4 amide bonds. The molecule has 0 saturated heterocycles. The van der Waals surface area contributed by atoms with Crippen molar-refractivity contribution in [2.75, 3.05) is 27.2 Å². The minimum absolute atomic E-state index is 0.117. The Morgan fingerprint density at radius 1 is 0.771 bits per heavy atom. The fraction of sp³-hybridized carbons (Fsp3) is 0.385. The van der Waals surface area contributed by atoms with Gasteiger partial charge < -0.3 is 26.6 Å². The number of amides is 4. The Morgan fingerprint density at radius 2 is 1.23 bits per heavy atom. The van der Waals surface area contributed by atoms with Gasteiger partial charge in [0, 0.05) is 64.5 Å². The molecule has 0 spiro atoms. The molecule has 9 heteroatoms. The maximum atomic E-state index is 12.9. The summed E-state index contributed by atoms with van der Waals surface area (Å²) in [5.41, 5.74) is 8.23. The summed E-state index contributed by atoms with van der Waals surface area (Å²) in [7, 11) is 3.87. The van der Waals surface area contributed by atoms with E-state index < -0.39 is 5.91 Å². The van der Waals surface area contributed by atoms with Crippen LogP contribution in [0.4, 0.5) is 0 Å². The summed E-state index contributed by atoms with van der Waals surface area (Å²) in [6, 6.07) is 0. The van der Waals surface area contributed by atoms with Crippen molar-refractivity contribution < 1.29 is 19.2 Å². The monoisotopic (exact) mass is 479 g/mol. The molecule has 3 atom stereocenters. The second kappa shape index (κ2) is 10.7. The van der Waals surface area contributed by atoms with Gasteiger partial charge in [-0.2, -0.15) is 0 Å². The molecule has 0 aromatic carbocycles. The molecule has 186 valence electrons. The van der Waals surface area contributed by atoms with Crippen molar-refractivity contribution in [3.63, 3.8) is 0 Å². The highest BCUT2D eigenvalue weighted by molar-refractivity contribution is 6.04. The molecule has 3 unspecified atom stereocenters. The van der Waals surface area contributed by atoms with Gasteiger partial charge in [-0.05, 0) is 32.3 Å². The van der Waals surface area contributed by atoms with E-state index in [1.807, 2.05) is 45.8 Å². The van der Waals surface area contributed by atoms with Gasteiger partial charge in [0.1, 0.15) is 0 Å². The maximum absolute atomic E-state index is 12.9. The zero-order valence-electron chi connectivity index (χ0n) is 20.8. The van der Waals surface area contributed by atoms with E-state index in [0.29, 0.717) is 40.2 Å². The lowest BCUT2D eigenvalue weighted by atomic mass is 10.0. The molecule has 35 heavy (non-hydrogen) atoms. The Balaban J connectivity index is 1.60. The van der Waals surface area contributed by atoms with Gasteiger partial charge >= 0.3 is 0 Å². The van der Waals surface area contributed by atoms with Crippen molar-refractivity contribution in [1.82, 2.24) is 20.9 Å². The van der Waals surface area contributed by atoms with Crippen LogP contribution < -0.4 is 21.7 Å². The van der Waals surface area contributed by atoms with Crippen LogP contribution in [0.3, 0.4) is 0 Å². The van der Waals surface area contributed by atoms with Gasteiger partial charge in [0.2, 0.25) is 11.8 Å². The van der Waals surface area contributed by atoms with Crippen LogP contribution >= 0.6 is 0 Å². The van der Waals surface area contributed by atoms with Crippen molar-refractivity contribution in [1.29, 1.82) is 0 Å². The molecular weight excluding hydrogens is 446 g/mol. The molecule has 3 aliphatic rings. The zero-order chi connectivity index (χ0) is 25.9. The van der Waals surface area contributed by atoms with Crippen LogP contribution in [0.5, 0.6) is 0 Å². The minimum atomic E-state index is -0.578. The first-order valence-electron chi connectivity index (χ1n) is 11.6. The first-order valence-corrected chi connectivity index (χ1v) is 11.6. The largest absolute Gasteiger partial charge is 0.366 e. The van der Waals surface area contributed by atoms with Crippen molar-refractivity contribution in [2.24, 2.45) is 23.5 Å². The van der Waals surface area contributed by atoms with E-state index in [4.69, 9.17) is 5.73 Å². The van der Waals surface area contributed by atoms with Gasteiger partial charge in [-0.25, -0.2) is 0 Å². The summed E-state index contributed by atoms with van der Waals surface area (Å²) >= 11 is 0. The van der Waals surface area contributed by atoms with Crippen LogP contribution in [0, 0.1) is 17.8 Å². The quantitative estimate of drug-likeness (QED) is 0.388. The van der Waals surface area contributed by atoms with E-state index in [1.165, 1.54) is 6.08 Å². The first kappa shape index (κ1) is 25.9. The van der Waals surface area contributed by atoms with E-state index in [2.05, 4.69) is 16.0 Å². The fourth-order valence-electron chi connectivity index (χ4n) is 4.15. The van der Waals surface area contributed by atoms with Crippen LogP contribution in [-0.2, 0) is 19.2 Å². The number of hydrogen-bond acceptors (Lipinski definition) is 5. The Labute approximate surface area is 205 Å². The summed E-state index contributed by atoms with van der Waals surface area (Å²) in [5.74, 6) is -1.93. The third-order valence-electron chi connectivity index (χ3n) is 6.12. The predicted octanol–water partition coefficient (Wildman–Crippen LogP) is 0.804. The number of nitrogens with two attached hydrogens (primary N) is 1. The lowest BCUT2D eigenvalue weighted by molar-refractivity contribution is -0.118. The maximum Gasteiger partial charge on any atom is 0.252 e. The number of nitrogens with one attached hydrogen (secondary N) is 3. The summed E-state index contributed by atoms with van der Waals surface area (Å²) in [6.45, 7) is 6.85. The fourth-order valence-corrected chi connectivity index (χ4v) is 4.15. The van der Waals surface area contributed by atoms with Gasteiger partial charge in [-0.15, -0.1) is 0 Å². The lowest BCUT2D eigenvalue weighted by Crippen LogP contribution is -2.33. The topological polar surface area (TPSA) is 134 Å². The highest BCUT2D eigenvalue weighted by atomic mass is 16.2. The second-order valence-electron chi connectivity index (χ2n) is 9.36. The third kappa shape index (κ3) is 6.24. The average Bonchev–Trinajstić information content (AvgIpc) is 3.44. The summed E-state index contributed by atoms with van der Waals surface area (Å²) in [5, 5.41) is 8.57. The number of carbonyl (C=O) groups excluding carboxylic acids is 4. The van der Waals surface area contributed by atoms with Gasteiger partial charge in [0.05, 0.1) is 0 Å². The van der Waals surface area contributed by atoms with E-state index in [9.17, 15) is 19.2 Å². The summed E-state index contributed by atoms with van der Waals surface area (Å²) in [6.07, 6.45) is 10.1. The predicted molar refractivity (Wildman–Crippen MR) is 133 cm³/mol. The number of primary amides is 1. The standard InChI is InChI=1S/C26H33N5O4/c1-14-8-17(23(27)32)11-20(14)25(34)29-19-10-16(3)22(13-19)26(35)30-18-9-15(2)21(12-18)24(33)28-6-7-31(4)5/h8-16H,6-7H2,1-5H3,(H2,27,32)(H,28,33)(H,29,34)(H,30,35). The Bertz CT molecular complexity index is 1140. The Hall–Kier alpha value is -3.72. The van der Waals surface area contributed by atoms with Gasteiger partial charge in [-0.1, -0.05) is 39.0 Å². The molecule has 0 bridgehead atoms. The van der Waals surface area contributed by atoms with Crippen molar-refractivity contribution in [2.45, 2.75) is 20.8 Å². The molecule has 0 radical (unpaired) electrons. The number of allylic oxidation sites excluding steroid dienone is 5. The number of hydrogen-bond donors (Lipinski definition) is 4. The molecular formula is C26H33N5O4. The van der Waals surface area contributed by atoms with Crippen molar-refractivity contribution in [3.05, 3.63) is 70.1 Å². The zero-order valence-corrected chi connectivity index (χ0v) is 20.8. The van der Waals surface area contributed by atoms with Crippen LogP contribution in [0.1, 0.15) is 20.8 Å². The van der Waals surface area contributed by atoms with Gasteiger partial charge in [0.15, 0.2) is 0 Å². The number of nitrogens with zero attached hydrogens (tertiary/aromatic N) is 1. The molecule has 0 heterocycles. The number of likely N-dealkylation sites (N-methyl/N-ethyl adjacent to an activating group) is 1. The molecule has 3 aliphatic carbocycles. The van der Waals surface area contributed by atoms with E-state index in [1.54, 1.807) is 24.3 Å². The van der Waals surface area contributed by atoms with E-state index in [-0.39, 0.29) is 35.5 Å². The molecule has 0 aromatic heterocycles. The third-order valence-corrected chi connectivity index (χ3v) is 6.12. The molecule has 3 rings (SSSR count). The number of carbonyl (C=O) groups is 4. The number of rotatable bonds is 9. The van der Waals surface area contributed by atoms with Gasteiger partial charge in [-0.3, -0.25) is 19.2 Å². The molecule has 5 N–H and O–H groups in total. The Morgan fingerprint density at radius 3 is 1.69 bits per heavy atom. The molecule has 9 nitrogen and oxygen atoms in total. The van der Waals surface area contributed by atoms with E-state index in [0.717, 1.165) is 6.54 Å². The molecule has 0 aliphatic heterocycles. The van der Waals surface area contributed by atoms with Crippen LogP contribution in [0.2, 0.25) is 0 Å². The normalized spacial score (nSPS) is 23.1. The second-order valence-corrected chi connectivity index (χ2v) is 9.36. The van der Waals surface area contributed by atoms with Crippen molar-refractivity contribution in [3.8, 4) is 0 Å². The highest BCUT2D eigenvalue weighted by Crippen LogP contribution is 2.28. The molecule has 0 saturated carbocycles. The molecule has 0 fully saturated rings. The van der Waals surface area contributed by atoms with Crippen LogP contribution in [-0.4, -0.2) is 55.7 Å². The first-order chi connectivity index (χ1) is 16.5. The Kier molecular flexibility index (Phi) is 7.91. The minimum Gasteiger partial charge on any atom is -0.366 e. The lowest BCUT2D eigenvalue weighted by Gasteiger charge is -2.12. The van der Waals surface area contributed by atoms with Crippen molar-refractivity contribution >= 4 is 23.6 Å². The highest BCUT2D eigenvalue weighted by Gasteiger charge is 2.28. The van der Waals surface area contributed by atoms with E-state index >= 15 is 0 Å². The smallest absolute Gasteiger partial charge is 0.252 e. The average molecular weight is 480 g/mol. The summed E-state index contributed by atoms with van der Waals surface area (Å²) in [4.78, 5) is 51.5. The molecule has 0 aromatic rings. The SMILES string of the molecule is CC1C=C(NC(=O)C2=CC(NC(=O)C3=CC(C(N)=O)=CC3C)=CC2C)C=C1C(=O)NCCN(C)C. The summed E-state index contributed by atoms with van der Waals surface area (Å²) < 4.78 is 0. The van der Waals surface area contributed by atoms with Crippen LogP contribution in [0.15, 0.2) is 70.1 Å². The van der Waals surface area contributed by atoms with Gasteiger partial charge in [0.25, 0.3) is 11.8 Å².